The zero-order chi connectivity index (χ0) is 13.3. The second-order valence-corrected chi connectivity index (χ2v) is 5.93. The van der Waals surface area contributed by atoms with Crippen molar-refractivity contribution in [1.29, 1.82) is 0 Å². The third kappa shape index (κ3) is 2.30. The van der Waals surface area contributed by atoms with Crippen LogP contribution in [0.5, 0.6) is 0 Å². The molecule has 2 rings (SSSR count). The van der Waals surface area contributed by atoms with Crippen LogP contribution in [0.15, 0.2) is 22.6 Å². The number of rotatable bonds is 3. The quantitative estimate of drug-likeness (QED) is 0.882. The Labute approximate surface area is 109 Å². The van der Waals surface area contributed by atoms with E-state index in [0.29, 0.717) is 6.54 Å². The lowest BCUT2D eigenvalue weighted by atomic mass is 9.84. The van der Waals surface area contributed by atoms with Gasteiger partial charge in [-0.2, -0.15) is 0 Å². The molecule has 0 radical (unpaired) electrons. The maximum Gasteiger partial charge on any atom is 0.134 e. The zero-order valence-electron chi connectivity index (χ0n) is 11.8. The second kappa shape index (κ2) is 4.77. The van der Waals surface area contributed by atoms with Crippen molar-refractivity contribution >= 4 is 11.0 Å². The summed E-state index contributed by atoms with van der Waals surface area (Å²) in [5, 5.41) is 1.23. The van der Waals surface area contributed by atoms with Gasteiger partial charge in [-0.3, -0.25) is 0 Å². The van der Waals surface area contributed by atoms with Gasteiger partial charge in [-0.1, -0.05) is 40.2 Å². The summed E-state index contributed by atoms with van der Waals surface area (Å²) in [4.78, 5) is 0. The van der Waals surface area contributed by atoms with Crippen molar-refractivity contribution in [2.24, 2.45) is 5.73 Å². The highest BCUT2D eigenvalue weighted by Crippen LogP contribution is 2.36. The average Bonchev–Trinajstić information content (AvgIpc) is 2.66. The van der Waals surface area contributed by atoms with Crippen LogP contribution in [0.25, 0.3) is 11.0 Å². The van der Waals surface area contributed by atoms with Gasteiger partial charge in [-0.05, 0) is 29.5 Å². The molecule has 0 fully saturated rings. The summed E-state index contributed by atoms with van der Waals surface area (Å²) in [7, 11) is 0. The summed E-state index contributed by atoms with van der Waals surface area (Å²) in [5.41, 5.74) is 9.47. The minimum atomic E-state index is 0.0603. The summed E-state index contributed by atoms with van der Waals surface area (Å²) >= 11 is 0. The van der Waals surface area contributed by atoms with Gasteiger partial charge in [0.15, 0.2) is 0 Å². The van der Waals surface area contributed by atoms with Gasteiger partial charge in [-0.25, -0.2) is 0 Å². The van der Waals surface area contributed by atoms with E-state index >= 15 is 0 Å². The third-order valence-electron chi connectivity index (χ3n) is 3.30. The smallest absolute Gasteiger partial charge is 0.134 e. The Morgan fingerprint density at radius 1 is 1.22 bits per heavy atom. The monoisotopic (exact) mass is 245 g/mol. The van der Waals surface area contributed by atoms with Gasteiger partial charge >= 0.3 is 0 Å². The van der Waals surface area contributed by atoms with Gasteiger partial charge in [0.05, 0.1) is 6.54 Å². The topological polar surface area (TPSA) is 39.2 Å². The Morgan fingerprint density at radius 3 is 2.50 bits per heavy atom. The first-order chi connectivity index (χ1) is 8.47. The minimum Gasteiger partial charge on any atom is -0.459 e. The Balaban J connectivity index is 2.67. The van der Waals surface area contributed by atoms with E-state index < -0.39 is 0 Å². The molecule has 0 spiro atoms. The van der Waals surface area contributed by atoms with Gasteiger partial charge in [0.1, 0.15) is 11.3 Å². The van der Waals surface area contributed by atoms with Crippen LogP contribution in [-0.2, 0) is 18.4 Å². The van der Waals surface area contributed by atoms with Crippen LogP contribution in [0.2, 0.25) is 0 Å². The van der Waals surface area contributed by atoms with Crippen molar-refractivity contribution < 1.29 is 4.42 Å². The maximum absolute atomic E-state index is 5.88. The van der Waals surface area contributed by atoms with Crippen molar-refractivity contribution in [3.63, 3.8) is 0 Å². The van der Waals surface area contributed by atoms with E-state index in [-0.39, 0.29) is 5.41 Å². The molecule has 1 aromatic heterocycles. The molecule has 0 amide bonds. The number of aryl methyl sites for hydroxylation is 1. The van der Waals surface area contributed by atoms with E-state index in [1.807, 2.05) is 0 Å². The fraction of sp³-hybridized carbons (Fsp3) is 0.500. The Bertz CT molecular complexity index is 546. The minimum absolute atomic E-state index is 0.0603. The third-order valence-corrected chi connectivity index (χ3v) is 3.30. The molecule has 98 valence electrons. The number of nitrogens with two attached hydrogens (primary N) is 1. The van der Waals surface area contributed by atoms with E-state index in [1.165, 1.54) is 16.5 Å². The molecule has 0 atom stereocenters. The van der Waals surface area contributed by atoms with Gasteiger partial charge in [0.2, 0.25) is 0 Å². The standard InChI is InChI=1S/C16H23NO/c1-5-6-11-7-8-13-12(9-11)15(16(2,3)4)14(10-17)18-13/h7-9H,5-6,10,17H2,1-4H3. The van der Waals surface area contributed by atoms with E-state index in [1.54, 1.807) is 0 Å². The predicted octanol–water partition coefficient (Wildman–Crippen LogP) is 4.14. The first-order valence-corrected chi connectivity index (χ1v) is 6.72. The molecule has 0 aliphatic carbocycles. The van der Waals surface area contributed by atoms with Crippen LogP contribution in [-0.4, -0.2) is 0 Å². The predicted molar refractivity (Wildman–Crippen MR) is 76.8 cm³/mol. The van der Waals surface area contributed by atoms with E-state index in [2.05, 4.69) is 45.9 Å². The van der Waals surface area contributed by atoms with Crippen LogP contribution >= 0.6 is 0 Å². The summed E-state index contributed by atoms with van der Waals surface area (Å²) in [6.45, 7) is 9.30. The Hall–Kier alpha value is -1.28. The summed E-state index contributed by atoms with van der Waals surface area (Å²) in [6, 6.07) is 6.50. The first kappa shape index (κ1) is 13.2. The van der Waals surface area contributed by atoms with E-state index in [4.69, 9.17) is 10.2 Å². The van der Waals surface area contributed by atoms with Crippen molar-refractivity contribution in [3.8, 4) is 0 Å². The number of fused-ring (bicyclic) bond motifs is 1. The van der Waals surface area contributed by atoms with Gasteiger partial charge in [0.25, 0.3) is 0 Å². The molecule has 1 heterocycles. The molecule has 0 aliphatic heterocycles. The van der Waals surface area contributed by atoms with Crippen LogP contribution < -0.4 is 5.73 Å². The molecular formula is C16H23NO. The van der Waals surface area contributed by atoms with E-state index in [9.17, 15) is 0 Å². The average molecular weight is 245 g/mol. The summed E-state index contributed by atoms with van der Waals surface area (Å²) in [6.07, 6.45) is 2.28. The molecule has 1 aromatic carbocycles. The largest absolute Gasteiger partial charge is 0.459 e. The van der Waals surface area contributed by atoms with E-state index in [0.717, 1.165) is 24.2 Å². The summed E-state index contributed by atoms with van der Waals surface area (Å²) < 4.78 is 5.88. The first-order valence-electron chi connectivity index (χ1n) is 6.72. The lowest BCUT2D eigenvalue weighted by molar-refractivity contribution is 0.511. The number of hydrogen-bond acceptors (Lipinski definition) is 2. The van der Waals surface area contributed by atoms with Gasteiger partial charge in [0, 0.05) is 10.9 Å². The lowest BCUT2D eigenvalue weighted by Crippen LogP contribution is -2.14. The van der Waals surface area contributed by atoms with Crippen LogP contribution in [0.3, 0.4) is 0 Å². The van der Waals surface area contributed by atoms with Crippen molar-refractivity contribution in [2.45, 2.75) is 52.5 Å². The van der Waals surface area contributed by atoms with Gasteiger partial charge in [-0.15, -0.1) is 0 Å². The fourth-order valence-corrected chi connectivity index (χ4v) is 2.61. The zero-order valence-corrected chi connectivity index (χ0v) is 11.8. The SMILES string of the molecule is CCCc1ccc2oc(CN)c(C(C)(C)C)c2c1. The Morgan fingerprint density at radius 2 is 1.94 bits per heavy atom. The highest BCUT2D eigenvalue weighted by atomic mass is 16.3. The van der Waals surface area contributed by atoms with Crippen LogP contribution in [0, 0.1) is 0 Å². The molecule has 0 saturated carbocycles. The molecule has 2 aromatic rings. The molecule has 2 heteroatoms. The highest BCUT2D eigenvalue weighted by Gasteiger charge is 2.24. The second-order valence-electron chi connectivity index (χ2n) is 5.93. The lowest BCUT2D eigenvalue weighted by Gasteiger charge is -2.19. The van der Waals surface area contributed by atoms with Crippen molar-refractivity contribution in [2.75, 3.05) is 0 Å². The molecule has 0 aliphatic rings. The normalized spacial score (nSPS) is 12.3. The fourth-order valence-electron chi connectivity index (χ4n) is 2.61. The Kier molecular flexibility index (Phi) is 3.49. The number of furan rings is 1. The molecule has 0 unspecified atom stereocenters. The van der Waals surface area contributed by atoms with Gasteiger partial charge < -0.3 is 10.2 Å². The molecule has 2 nitrogen and oxygen atoms in total. The molecule has 0 saturated heterocycles. The van der Waals surface area contributed by atoms with Crippen molar-refractivity contribution in [1.82, 2.24) is 0 Å². The molecular weight excluding hydrogens is 222 g/mol. The van der Waals surface area contributed by atoms with Crippen LogP contribution in [0.1, 0.15) is 51.0 Å². The number of hydrogen-bond donors (Lipinski definition) is 1. The number of benzene rings is 1. The molecule has 2 N–H and O–H groups in total. The highest BCUT2D eigenvalue weighted by molar-refractivity contribution is 5.84. The molecule has 0 bridgehead atoms. The van der Waals surface area contributed by atoms with Crippen LogP contribution in [0.4, 0.5) is 0 Å². The summed E-state index contributed by atoms with van der Waals surface area (Å²) in [5.74, 6) is 0.922. The molecule has 18 heavy (non-hydrogen) atoms. The van der Waals surface area contributed by atoms with Crippen molar-refractivity contribution in [3.05, 3.63) is 35.1 Å². The maximum atomic E-state index is 5.88.